The zero-order valence-electron chi connectivity index (χ0n) is 14.4. The lowest BCUT2D eigenvalue weighted by atomic mass is 10.1. The number of nitrogens with one attached hydrogen (secondary N) is 2. The van der Waals surface area contributed by atoms with Crippen LogP contribution < -0.4 is 10.6 Å². The van der Waals surface area contributed by atoms with Gasteiger partial charge in [-0.15, -0.1) is 11.3 Å². The van der Waals surface area contributed by atoms with Crippen LogP contribution in [0, 0.1) is 6.92 Å². The van der Waals surface area contributed by atoms with E-state index in [-0.39, 0.29) is 28.0 Å². The molecule has 0 bridgehead atoms. The Hall–Kier alpha value is -2.68. The minimum Gasteiger partial charge on any atom is -0.462 e. The number of anilines is 1. The Morgan fingerprint density at radius 1 is 1.20 bits per heavy atom. The van der Waals surface area contributed by atoms with E-state index in [4.69, 9.17) is 9.47 Å². The summed E-state index contributed by atoms with van der Waals surface area (Å²) in [5.74, 6) is -2.31. The van der Waals surface area contributed by atoms with Gasteiger partial charge in [0.25, 0.3) is 11.8 Å². The Balaban J connectivity index is 3.03. The molecule has 0 aromatic carbocycles. The van der Waals surface area contributed by atoms with Gasteiger partial charge in [-0.05, 0) is 26.3 Å². The molecule has 0 spiro atoms. The van der Waals surface area contributed by atoms with Crippen molar-refractivity contribution < 1.29 is 28.7 Å². The van der Waals surface area contributed by atoms with Gasteiger partial charge in [-0.25, -0.2) is 9.59 Å². The summed E-state index contributed by atoms with van der Waals surface area (Å²) in [6, 6.07) is 0. The Bertz CT molecular complexity index is 708. The molecule has 0 aliphatic rings. The number of amides is 2. The quantitative estimate of drug-likeness (QED) is 0.559. The van der Waals surface area contributed by atoms with Gasteiger partial charge >= 0.3 is 11.9 Å². The predicted molar refractivity (Wildman–Crippen MR) is 92.8 cm³/mol. The SMILES string of the molecule is C/C=C/C(=O)OCC(=O)Nc1sc(C(=O)NC)c(C)c1C(=O)OCC. The molecule has 0 saturated heterocycles. The second-order valence-corrected chi connectivity index (χ2v) is 5.74. The molecule has 0 saturated carbocycles. The molecular weight excluding hydrogens is 348 g/mol. The number of hydrogen-bond donors (Lipinski definition) is 2. The maximum absolute atomic E-state index is 12.2. The molecule has 1 aromatic rings. The molecule has 9 heteroatoms. The number of carbonyl (C=O) groups excluding carboxylic acids is 4. The van der Waals surface area contributed by atoms with Crippen molar-refractivity contribution in [3.05, 3.63) is 28.2 Å². The maximum atomic E-state index is 12.2. The molecule has 8 nitrogen and oxygen atoms in total. The second kappa shape index (κ2) is 9.58. The van der Waals surface area contributed by atoms with Crippen LogP contribution in [0.1, 0.15) is 39.4 Å². The first-order valence-corrected chi connectivity index (χ1v) is 8.29. The summed E-state index contributed by atoms with van der Waals surface area (Å²) in [6.45, 7) is 4.52. The van der Waals surface area contributed by atoms with Gasteiger partial charge < -0.3 is 20.1 Å². The summed E-state index contributed by atoms with van der Waals surface area (Å²) in [7, 11) is 1.46. The fourth-order valence-corrected chi connectivity index (χ4v) is 3.02. The summed E-state index contributed by atoms with van der Waals surface area (Å²) in [5, 5.41) is 5.12. The summed E-state index contributed by atoms with van der Waals surface area (Å²) >= 11 is 0.947. The summed E-state index contributed by atoms with van der Waals surface area (Å²) < 4.78 is 9.72. The Labute approximate surface area is 149 Å². The standard InChI is InChI=1S/C16H20N2O6S/c1-5-7-11(20)24-8-10(19)18-15-12(16(22)23-6-2)9(3)13(25-15)14(21)17-4/h5,7H,6,8H2,1-4H3,(H,17,21)(H,18,19)/b7-5+. The molecule has 0 aliphatic heterocycles. The highest BCUT2D eigenvalue weighted by molar-refractivity contribution is 7.18. The summed E-state index contributed by atoms with van der Waals surface area (Å²) in [6.07, 6.45) is 2.66. The summed E-state index contributed by atoms with van der Waals surface area (Å²) in [4.78, 5) is 47.5. The van der Waals surface area contributed by atoms with Crippen LogP contribution >= 0.6 is 11.3 Å². The van der Waals surface area contributed by atoms with E-state index in [1.165, 1.54) is 19.2 Å². The average molecular weight is 368 g/mol. The fraction of sp³-hybridized carbons (Fsp3) is 0.375. The number of allylic oxidation sites excluding steroid dienone is 1. The third-order valence-corrected chi connectivity index (χ3v) is 4.17. The number of ether oxygens (including phenoxy) is 2. The van der Waals surface area contributed by atoms with Gasteiger partial charge in [0, 0.05) is 13.1 Å². The molecule has 136 valence electrons. The van der Waals surface area contributed by atoms with Crippen molar-refractivity contribution in [3.63, 3.8) is 0 Å². The van der Waals surface area contributed by atoms with Crippen LogP contribution in [0.15, 0.2) is 12.2 Å². The van der Waals surface area contributed by atoms with E-state index in [9.17, 15) is 19.2 Å². The normalized spacial score (nSPS) is 10.4. The molecule has 25 heavy (non-hydrogen) atoms. The Morgan fingerprint density at radius 3 is 2.44 bits per heavy atom. The highest BCUT2D eigenvalue weighted by Gasteiger charge is 2.26. The molecule has 0 atom stereocenters. The molecular formula is C16H20N2O6S. The lowest BCUT2D eigenvalue weighted by Crippen LogP contribution is -2.21. The number of carbonyl (C=O) groups is 4. The van der Waals surface area contributed by atoms with Gasteiger partial charge in [-0.1, -0.05) is 6.08 Å². The van der Waals surface area contributed by atoms with Crippen LogP contribution in [0.4, 0.5) is 5.00 Å². The minimum atomic E-state index is -0.656. The smallest absolute Gasteiger partial charge is 0.341 e. The van der Waals surface area contributed by atoms with Crippen LogP contribution in [0.5, 0.6) is 0 Å². The topological polar surface area (TPSA) is 111 Å². The number of hydrogen-bond acceptors (Lipinski definition) is 7. The van der Waals surface area contributed by atoms with Gasteiger partial charge in [0.05, 0.1) is 17.0 Å². The zero-order chi connectivity index (χ0) is 19.0. The van der Waals surface area contributed by atoms with E-state index in [1.807, 2.05) is 0 Å². The maximum Gasteiger partial charge on any atom is 0.341 e. The van der Waals surface area contributed by atoms with E-state index >= 15 is 0 Å². The third kappa shape index (κ3) is 5.42. The van der Waals surface area contributed by atoms with Crippen molar-refractivity contribution in [1.82, 2.24) is 5.32 Å². The van der Waals surface area contributed by atoms with E-state index in [0.29, 0.717) is 5.56 Å². The minimum absolute atomic E-state index is 0.110. The van der Waals surface area contributed by atoms with Crippen molar-refractivity contribution in [2.24, 2.45) is 0 Å². The zero-order valence-corrected chi connectivity index (χ0v) is 15.2. The predicted octanol–water partition coefficient (Wildman–Crippen LogP) is 1.65. The second-order valence-electron chi connectivity index (χ2n) is 4.72. The first kappa shape index (κ1) is 20.4. The lowest BCUT2D eigenvalue weighted by molar-refractivity contribution is -0.142. The van der Waals surface area contributed by atoms with Gasteiger partial charge in [0.1, 0.15) is 5.00 Å². The van der Waals surface area contributed by atoms with E-state index in [0.717, 1.165) is 11.3 Å². The summed E-state index contributed by atoms with van der Waals surface area (Å²) in [5.41, 5.74) is 0.516. The van der Waals surface area contributed by atoms with Crippen LogP contribution in [-0.4, -0.2) is 44.0 Å². The number of esters is 2. The third-order valence-electron chi connectivity index (χ3n) is 2.96. The van der Waals surface area contributed by atoms with Crippen LogP contribution in [0.3, 0.4) is 0 Å². The number of rotatable bonds is 7. The van der Waals surface area contributed by atoms with Crippen molar-refractivity contribution in [3.8, 4) is 0 Å². The Kier molecular flexibility index (Phi) is 7.80. The highest BCUT2D eigenvalue weighted by Crippen LogP contribution is 2.33. The van der Waals surface area contributed by atoms with Crippen molar-refractivity contribution in [2.75, 3.05) is 25.6 Å². The molecule has 1 rings (SSSR count). The molecule has 1 aromatic heterocycles. The van der Waals surface area contributed by atoms with E-state index in [2.05, 4.69) is 10.6 Å². The van der Waals surface area contributed by atoms with E-state index < -0.39 is 24.5 Å². The van der Waals surface area contributed by atoms with Crippen LogP contribution in [0.25, 0.3) is 0 Å². The monoisotopic (exact) mass is 368 g/mol. The van der Waals surface area contributed by atoms with Crippen molar-refractivity contribution in [2.45, 2.75) is 20.8 Å². The van der Waals surface area contributed by atoms with Crippen LogP contribution in [0.2, 0.25) is 0 Å². The molecule has 0 unspecified atom stereocenters. The van der Waals surface area contributed by atoms with Gasteiger partial charge in [0.15, 0.2) is 6.61 Å². The average Bonchev–Trinajstić information content (AvgIpc) is 2.89. The molecule has 0 radical (unpaired) electrons. The largest absolute Gasteiger partial charge is 0.462 e. The number of thiophene rings is 1. The lowest BCUT2D eigenvalue weighted by Gasteiger charge is -2.07. The highest BCUT2D eigenvalue weighted by atomic mass is 32.1. The Morgan fingerprint density at radius 2 is 1.88 bits per heavy atom. The molecule has 2 N–H and O–H groups in total. The molecule has 0 fully saturated rings. The molecule has 2 amide bonds. The van der Waals surface area contributed by atoms with E-state index in [1.54, 1.807) is 20.8 Å². The fourth-order valence-electron chi connectivity index (χ4n) is 1.86. The molecule has 1 heterocycles. The van der Waals surface area contributed by atoms with Gasteiger partial charge in [0.2, 0.25) is 0 Å². The molecule has 0 aliphatic carbocycles. The van der Waals surface area contributed by atoms with Crippen LogP contribution in [-0.2, 0) is 19.1 Å². The van der Waals surface area contributed by atoms with Gasteiger partial charge in [-0.3, -0.25) is 9.59 Å². The van der Waals surface area contributed by atoms with Crippen molar-refractivity contribution >= 4 is 40.1 Å². The first-order valence-electron chi connectivity index (χ1n) is 7.47. The first-order chi connectivity index (χ1) is 11.8. The van der Waals surface area contributed by atoms with Crippen molar-refractivity contribution in [1.29, 1.82) is 0 Å². The van der Waals surface area contributed by atoms with Gasteiger partial charge in [-0.2, -0.15) is 0 Å².